The molecule has 0 fully saturated rings. The summed E-state index contributed by atoms with van der Waals surface area (Å²) in [6.45, 7) is 3.19. The molecular weight excluding hydrogens is 354 g/mol. The Hall–Kier alpha value is -2.39. The van der Waals surface area contributed by atoms with Crippen LogP contribution in [0.25, 0.3) is 10.9 Å². The lowest BCUT2D eigenvalue weighted by Gasteiger charge is -2.17. The molecule has 0 saturated heterocycles. The minimum Gasteiger partial charge on any atom is -0.506 e. The van der Waals surface area contributed by atoms with Gasteiger partial charge in [0.15, 0.2) is 0 Å². The van der Waals surface area contributed by atoms with Crippen molar-refractivity contribution in [2.24, 2.45) is 0 Å². The van der Waals surface area contributed by atoms with Crippen LogP contribution in [0.2, 0.25) is 0 Å². The number of nitrogens with one attached hydrogen (secondary N) is 1. The second-order valence-electron chi connectivity index (χ2n) is 5.44. The highest BCUT2D eigenvalue weighted by molar-refractivity contribution is 5.89. The van der Waals surface area contributed by atoms with E-state index in [0.717, 1.165) is 6.07 Å². The average Bonchev–Trinajstić information content (AvgIpc) is 2.45. The zero-order valence-corrected chi connectivity index (χ0v) is 13.0. The maximum absolute atomic E-state index is 13.3. The fraction of sp³-hybridized carbons (Fsp3) is 0.400. The van der Waals surface area contributed by atoms with Crippen LogP contribution in [0.15, 0.2) is 18.2 Å². The smallest absolute Gasteiger partial charge is 0.417 e. The lowest BCUT2D eigenvalue weighted by molar-refractivity contribution is -0.136. The molecule has 0 saturated carbocycles. The lowest BCUT2D eigenvalue weighted by atomic mass is 10.1. The van der Waals surface area contributed by atoms with Gasteiger partial charge in [-0.05, 0) is 19.9 Å². The number of hydrogen-bond acceptors (Lipinski definition) is 4. The molecule has 2 aromatic rings. The van der Waals surface area contributed by atoms with Gasteiger partial charge in [-0.25, -0.2) is 18.2 Å². The molecule has 25 heavy (non-hydrogen) atoms. The van der Waals surface area contributed by atoms with Crippen molar-refractivity contribution in [3.05, 3.63) is 23.8 Å². The molecule has 0 aliphatic carbocycles. The van der Waals surface area contributed by atoms with E-state index in [2.05, 4.69) is 4.98 Å². The van der Waals surface area contributed by atoms with E-state index in [1.165, 1.54) is 0 Å². The Kier molecular flexibility index (Phi) is 5.19. The minimum atomic E-state index is -4.80. The summed E-state index contributed by atoms with van der Waals surface area (Å²) in [5.74, 6) is -1.04. The Balaban J connectivity index is 2.63. The minimum absolute atomic E-state index is 0.277. The first kappa shape index (κ1) is 18.9. The van der Waals surface area contributed by atoms with Crippen LogP contribution in [0.1, 0.15) is 19.4 Å². The van der Waals surface area contributed by atoms with Gasteiger partial charge < -0.3 is 15.2 Å². The first-order valence-electron chi connectivity index (χ1n) is 7.09. The van der Waals surface area contributed by atoms with E-state index < -0.39 is 47.4 Å². The summed E-state index contributed by atoms with van der Waals surface area (Å²) in [4.78, 5) is 3.85. The van der Waals surface area contributed by atoms with Crippen LogP contribution in [0.5, 0.6) is 11.6 Å². The number of aromatic nitrogens is 1. The second-order valence-corrected chi connectivity index (χ2v) is 5.44. The molecule has 2 N–H and O–H groups in total. The molecule has 138 valence electrons. The van der Waals surface area contributed by atoms with Gasteiger partial charge in [-0.15, -0.1) is 0 Å². The van der Waals surface area contributed by atoms with Gasteiger partial charge in [-0.3, -0.25) is 0 Å². The highest BCUT2D eigenvalue weighted by Gasteiger charge is 2.34. The van der Waals surface area contributed by atoms with Crippen molar-refractivity contribution < 1.29 is 36.2 Å². The zero-order chi connectivity index (χ0) is 18.9. The van der Waals surface area contributed by atoms with Crippen molar-refractivity contribution in [3.8, 4) is 11.6 Å². The normalized spacial score (nSPS) is 13.5. The fourth-order valence-corrected chi connectivity index (χ4v) is 2.10. The summed E-state index contributed by atoms with van der Waals surface area (Å²) in [6.07, 6.45) is -11.5. The molecule has 10 heteroatoms. The third kappa shape index (κ3) is 4.37. The largest absolute Gasteiger partial charge is 0.506 e. The number of fused-ring (bicyclic) bond motifs is 1. The summed E-state index contributed by atoms with van der Waals surface area (Å²) in [5.41, 5.74) is -2.03. The number of alkyl halides is 6. The summed E-state index contributed by atoms with van der Waals surface area (Å²) < 4.78 is 82.7. The maximum Gasteiger partial charge on any atom is 0.417 e. The molecular formula is C15H14F6N2O2. The predicted molar refractivity (Wildman–Crippen MR) is 78.7 cm³/mol. The summed E-state index contributed by atoms with van der Waals surface area (Å²) in [7, 11) is 0. The molecule has 2 rings (SSSR count). The number of nitrogens with zero attached hydrogens (tertiary/aromatic N) is 1. The van der Waals surface area contributed by atoms with Gasteiger partial charge in [0.2, 0.25) is 12.2 Å². The first-order chi connectivity index (χ1) is 11.5. The third-order valence-corrected chi connectivity index (χ3v) is 3.08. The van der Waals surface area contributed by atoms with Gasteiger partial charge in [-0.2, -0.15) is 13.2 Å². The van der Waals surface area contributed by atoms with Crippen molar-refractivity contribution in [2.75, 3.05) is 5.32 Å². The van der Waals surface area contributed by atoms with Crippen molar-refractivity contribution in [1.82, 2.24) is 4.98 Å². The molecule has 0 aliphatic heterocycles. The van der Waals surface area contributed by atoms with Crippen LogP contribution in [0, 0.1) is 0 Å². The SMILES string of the molecule is CC(C)Oc1cc(C(F)(F)F)c2cc(NC(F)C(F)F)c(O)cc2n1. The standard InChI is InChI=1S/C15H14F6N2O2/c1-6(2)25-12-4-8(15(19,20)21)7-3-10(23-14(18)13(16)17)11(24)5-9(7)22-12/h3-6,13-14,23-24H,1-2H3. The molecule has 0 amide bonds. The number of benzene rings is 1. The number of ether oxygens (including phenoxy) is 1. The van der Waals surface area contributed by atoms with E-state index in [0.29, 0.717) is 12.1 Å². The Morgan fingerprint density at radius 1 is 1.12 bits per heavy atom. The molecule has 1 heterocycles. The van der Waals surface area contributed by atoms with Gasteiger partial charge in [0.05, 0.1) is 22.9 Å². The Labute approximate surface area is 138 Å². The van der Waals surface area contributed by atoms with Crippen LogP contribution in [-0.4, -0.2) is 28.9 Å². The van der Waals surface area contributed by atoms with Gasteiger partial charge in [0.25, 0.3) is 6.43 Å². The number of pyridine rings is 1. The molecule has 1 atom stereocenters. The zero-order valence-electron chi connectivity index (χ0n) is 13.0. The van der Waals surface area contributed by atoms with Crippen LogP contribution in [-0.2, 0) is 6.18 Å². The van der Waals surface area contributed by atoms with E-state index in [1.807, 2.05) is 0 Å². The number of aromatic hydroxyl groups is 1. The van der Waals surface area contributed by atoms with E-state index in [9.17, 15) is 31.4 Å². The highest BCUT2D eigenvalue weighted by atomic mass is 19.4. The van der Waals surface area contributed by atoms with E-state index >= 15 is 0 Å². The Morgan fingerprint density at radius 2 is 1.76 bits per heavy atom. The summed E-state index contributed by atoms with van der Waals surface area (Å²) in [6, 6.07) is 2.19. The average molecular weight is 368 g/mol. The van der Waals surface area contributed by atoms with Crippen molar-refractivity contribution >= 4 is 16.6 Å². The van der Waals surface area contributed by atoms with E-state index in [1.54, 1.807) is 19.2 Å². The van der Waals surface area contributed by atoms with Crippen molar-refractivity contribution in [3.63, 3.8) is 0 Å². The lowest BCUT2D eigenvalue weighted by Crippen LogP contribution is -2.22. The van der Waals surface area contributed by atoms with E-state index in [4.69, 9.17) is 4.74 Å². The first-order valence-corrected chi connectivity index (χ1v) is 7.09. The molecule has 0 spiro atoms. The fourth-order valence-electron chi connectivity index (χ4n) is 2.10. The Bertz CT molecular complexity index is 764. The molecule has 1 unspecified atom stereocenters. The number of halogens is 6. The van der Waals surface area contributed by atoms with Gasteiger partial charge in [0, 0.05) is 17.5 Å². The number of anilines is 1. The number of hydrogen-bond donors (Lipinski definition) is 2. The van der Waals surface area contributed by atoms with Gasteiger partial charge in [-0.1, -0.05) is 0 Å². The maximum atomic E-state index is 13.3. The van der Waals surface area contributed by atoms with E-state index in [-0.39, 0.29) is 11.4 Å². The second kappa shape index (κ2) is 6.85. The third-order valence-electron chi connectivity index (χ3n) is 3.08. The topological polar surface area (TPSA) is 54.4 Å². The number of phenols is 1. The molecule has 0 bridgehead atoms. The van der Waals surface area contributed by atoms with Crippen LogP contribution in [0.3, 0.4) is 0 Å². The number of rotatable bonds is 5. The quantitative estimate of drug-likeness (QED) is 0.456. The van der Waals surface area contributed by atoms with Crippen molar-refractivity contribution in [1.29, 1.82) is 0 Å². The molecule has 1 aromatic heterocycles. The highest BCUT2D eigenvalue weighted by Crippen LogP contribution is 2.40. The van der Waals surface area contributed by atoms with Crippen LogP contribution in [0.4, 0.5) is 32.0 Å². The summed E-state index contributed by atoms with van der Waals surface area (Å²) in [5, 5.41) is 10.9. The predicted octanol–water partition coefficient (Wildman–Crippen LogP) is 4.72. The molecule has 4 nitrogen and oxygen atoms in total. The monoisotopic (exact) mass is 368 g/mol. The molecule has 0 radical (unpaired) electrons. The Morgan fingerprint density at radius 3 is 2.28 bits per heavy atom. The molecule has 0 aliphatic rings. The van der Waals surface area contributed by atoms with Crippen molar-refractivity contribution in [2.45, 2.75) is 38.8 Å². The molecule has 1 aromatic carbocycles. The van der Waals surface area contributed by atoms with Gasteiger partial charge in [0.1, 0.15) is 5.75 Å². The summed E-state index contributed by atoms with van der Waals surface area (Å²) >= 11 is 0. The van der Waals surface area contributed by atoms with Crippen LogP contribution >= 0.6 is 0 Å². The number of phenolic OH excluding ortho intramolecular Hbond substituents is 1. The van der Waals surface area contributed by atoms with Gasteiger partial charge >= 0.3 is 6.18 Å². The van der Waals surface area contributed by atoms with Crippen LogP contribution < -0.4 is 10.1 Å².